The second-order valence-corrected chi connectivity index (χ2v) is 7.14. The lowest BCUT2D eigenvalue weighted by atomic mass is 9.92. The van der Waals surface area contributed by atoms with Crippen LogP contribution < -0.4 is 5.73 Å². The lowest BCUT2D eigenvalue weighted by molar-refractivity contribution is 0.669. The zero-order valence-electron chi connectivity index (χ0n) is 16.4. The third-order valence-electron chi connectivity index (χ3n) is 4.30. The number of allylic oxidation sites excluding steroid dienone is 3. The van der Waals surface area contributed by atoms with E-state index >= 15 is 0 Å². The fraction of sp³-hybridized carbons (Fsp3) is 0.364. The van der Waals surface area contributed by atoms with Gasteiger partial charge in [0, 0.05) is 23.0 Å². The van der Waals surface area contributed by atoms with E-state index in [1.165, 1.54) is 6.20 Å². The highest BCUT2D eigenvalue weighted by atomic mass is 35.5. The van der Waals surface area contributed by atoms with Crippen LogP contribution >= 0.6 is 11.6 Å². The maximum atomic E-state index is 14.8. The highest BCUT2D eigenvalue weighted by Crippen LogP contribution is 2.33. The van der Waals surface area contributed by atoms with Crippen LogP contribution in [0.5, 0.6) is 0 Å². The van der Waals surface area contributed by atoms with Crippen molar-refractivity contribution in [3.8, 4) is 0 Å². The summed E-state index contributed by atoms with van der Waals surface area (Å²) < 4.78 is 14.8. The molecule has 1 aromatic carbocycles. The van der Waals surface area contributed by atoms with Crippen molar-refractivity contribution in [3.63, 3.8) is 0 Å². The molecule has 0 aliphatic heterocycles. The molecule has 2 N–H and O–H groups in total. The van der Waals surface area contributed by atoms with Crippen molar-refractivity contribution in [1.29, 1.82) is 0 Å². The molecule has 0 saturated carbocycles. The number of nitrogens with two attached hydrogens (primary N) is 1. The molecule has 0 radical (unpaired) electrons. The van der Waals surface area contributed by atoms with E-state index < -0.39 is 5.83 Å². The zero-order valence-corrected chi connectivity index (χ0v) is 17.1. The molecule has 0 saturated heterocycles. The Labute approximate surface area is 165 Å². The number of halogens is 2. The van der Waals surface area contributed by atoms with Crippen molar-refractivity contribution < 1.29 is 4.39 Å². The minimum atomic E-state index is -0.403. The number of fused-ring (bicyclic) bond motifs is 1. The first-order valence-corrected chi connectivity index (χ1v) is 9.76. The third kappa shape index (κ3) is 5.16. The first-order valence-electron chi connectivity index (χ1n) is 9.22. The zero-order chi connectivity index (χ0) is 20.0. The summed E-state index contributed by atoms with van der Waals surface area (Å²) in [4.78, 5) is 8.41. The van der Waals surface area contributed by atoms with Gasteiger partial charge in [0.15, 0.2) is 0 Å². The van der Waals surface area contributed by atoms with Crippen LogP contribution in [0.4, 0.5) is 4.39 Å². The number of amidine groups is 1. The molecule has 27 heavy (non-hydrogen) atoms. The van der Waals surface area contributed by atoms with Gasteiger partial charge < -0.3 is 5.73 Å². The van der Waals surface area contributed by atoms with Crippen LogP contribution in [-0.2, 0) is 5.88 Å². The van der Waals surface area contributed by atoms with Crippen molar-refractivity contribution in [2.75, 3.05) is 0 Å². The van der Waals surface area contributed by atoms with Gasteiger partial charge in [0.1, 0.15) is 5.83 Å². The molecule has 0 spiro atoms. The van der Waals surface area contributed by atoms with E-state index in [0.29, 0.717) is 17.3 Å². The van der Waals surface area contributed by atoms with Crippen molar-refractivity contribution >= 4 is 33.9 Å². The monoisotopic (exact) mass is 387 g/mol. The van der Waals surface area contributed by atoms with Crippen LogP contribution in [0.1, 0.15) is 63.1 Å². The Balaban J connectivity index is 2.68. The number of hydrogen-bond acceptors (Lipinski definition) is 2. The minimum absolute atomic E-state index is 0.285. The average molecular weight is 388 g/mol. The van der Waals surface area contributed by atoms with Crippen LogP contribution in [0, 0.1) is 0 Å². The molecule has 0 unspecified atom stereocenters. The normalized spacial score (nSPS) is 13.7. The first-order chi connectivity index (χ1) is 12.9. The SMILES string of the molecule is CCC/C=C(/C(F)=C\N=C(C)N)c1ccc2ncc(CCl)c(C(C)C)c2c1. The number of hydrogen-bond donors (Lipinski definition) is 1. The molecule has 144 valence electrons. The Morgan fingerprint density at radius 2 is 2.11 bits per heavy atom. The number of unbranched alkanes of at least 4 members (excludes halogenated alkanes) is 1. The lowest BCUT2D eigenvalue weighted by Gasteiger charge is -2.15. The summed E-state index contributed by atoms with van der Waals surface area (Å²) in [6.07, 6.45) is 6.62. The fourth-order valence-corrected chi connectivity index (χ4v) is 3.29. The van der Waals surface area contributed by atoms with Crippen molar-refractivity contribution in [2.24, 2.45) is 10.7 Å². The van der Waals surface area contributed by atoms with Gasteiger partial charge in [0.2, 0.25) is 0 Å². The van der Waals surface area contributed by atoms with E-state index in [9.17, 15) is 4.39 Å². The number of pyridine rings is 1. The molecule has 1 heterocycles. The topological polar surface area (TPSA) is 51.3 Å². The van der Waals surface area contributed by atoms with Crippen molar-refractivity contribution in [1.82, 2.24) is 4.98 Å². The van der Waals surface area contributed by atoms with Crippen LogP contribution in [-0.4, -0.2) is 10.8 Å². The lowest BCUT2D eigenvalue weighted by Crippen LogP contribution is -2.03. The number of benzene rings is 1. The summed E-state index contributed by atoms with van der Waals surface area (Å²) in [5.41, 5.74) is 9.91. The molecule has 5 heteroatoms. The predicted octanol–water partition coefficient (Wildman–Crippen LogP) is 6.47. The number of rotatable bonds is 7. The van der Waals surface area contributed by atoms with Crippen LogP contribution in [0.3, 0.4) is 0 Å². The van der Waals surface area contributed by atoms with Gasteiger partial charge in [-0.3, -0.25) is 4.98 Å². The molecule has 0 atom stereocenters. The van der Waals surface area contributed by atoms with Crippen LogP contribution in [0.15, 0.2) is 47.5 Å². The van der Waals surface area contributed by atoms with Gasteiger partial charge in [-0.05, 0) is 48.1 Å². The summed E-state index contributed by atoms with van der Waals surface area (Å²) >= 11 is 6.12. The molecule has 2 rings (SSSR count). The predicted molar refractivity (Wildman–Crippen MR) is 115 cm³/mol. The van der Waals surface area contributed by atoms with Gasteiger partial charge in [-0.25, -0.2) is 9.38 Å². The molecule has 0 amide bonds. The minimum Gasteiger partial charge on any atom is -0.387 e. The molecule has 2 aromatic rings. The molecular formula is C22H27ClFN3. The van der Waals surface area contributed by atoms with E-state index in [0.717, 1.165) is 40.4 Å². The van der Waals surface area contributed by atoms with Gasteiger partial charge in [0.25, 0.3) is 0 Å². The van der Waals surface area contributed by atoms with Crippen molar-refractivity contribution in [2.45, 2.75) is 52.3 Å². The summed E-state index contributed by atoms with van der Waals surface area (Å²) in [5, 5.41) is 1.01. The number of aliphatic imine (C=N–C) groups is 1. The van der Waals surface area contributed by atoms with E-state index in [1.54, 1.807) is 6.92 Å². The first kappa shape index (κ1) is 21.1. The third-order valence-corrected chi connectivity index (χ3v) is 4.59. The largest absolute Gasteiger partial charge is 0.387 e. The second kappa shape index (κ2) is 9.65. The maximum Gasteiger partial charge on any atom is 0.148 e. The van der Waals surface area contributed by atoms with Gasteiger partial charge >= 0.3 is 0 Å². The van der Waals surface area contributed by atoms with E-state index in [4.69, 9.17) is 17.3 Å². The van der Waals surface area contributed by atoms with Gasteiger partial charge in [-0.1, -0.05) is 39.3 Å². The Hall–Kier alpha value is -2.20. The number of alkyl halides is 1. The molecule has 0 bridgehead atoms. The Kier molecular flexibility index (Phi) is 7.55. The molecule has 0 aliphatic rings. The second-order valence-electron chi connectivity index (χ2n) is 6.87. The molecule has 3 nitrogen and oxygen atoms in total. The molecule has 0 aliphatic carbocycles. The number of nitrogens with zero attached hydrogens (tertiary/aromatic N) is 2. The quantitative estimate of drug-likeness (QED) is 0.256. The molecular weight excluding hydrogens is 361 g/mol. The summed E-state index contributed by atoms with van der Waals surface area (Å²) in [7, 11) is 0. The van der Waals surface area contributed by atoms with Gasteiger partial charge in [0.05, 0.1) is 17.6 Å². The average Bonchev–Trinajstić information content (AvgIpc) is 2.65. The highest BCUT2D eigenvalue weighted by molar-refractivity contribution is 6.17. The van der Waals surface area contributed by atoms with Gasteiger partial charge in [-0.2, -0.15) is 0 Å². The van der Waals surface area contributed by atoms with E-state index in [-0.39, 0.29) is 5.92 Å². The van der Waals surface area contributed by atoms with Crippen LogP contribution in [0.2, 0.25) is 0 Å². The Morgan fingerprint density at radius 1 is 1.37 bits per heavy atom. The van der Waals surface area contributed by atoms with E-state index in [2.05, 4.69) is 30.7 Å². The fourth-order valence-electron chi connectivity index (χ4n) is 3.08. The summed E-state index contributed by atoms with van der Waals surface area (Å²) in [6, 6.07) is 5.83. The Morgan fingerprint density at radius 3 is 2.70 bits per heavy atom. The van der Waals surface area contributed by atoms with Gasteiger partial charge in [-0.15, -0.1) is 11.6 Å². The standard InChI is InChI=1S/C22H27ClFN3/c1-5-6-7-18(20(24)13-26-15(4)25)16-8-9-21-19(10-16)22(14(2)3)17(11-23)12-27-21/h7-10,12-14H,5-6,11H2,1-4H3,(H2,25,26)/b18-7+,20-13+. The molecule has 0 fully saturated rings. The molecule has 1 aromatic heterocycles. The van der Waals surface area contributed by atoms with Crippen LogP contribution in [0.25, 0.3) is 16.5 Å². The number of aromatic nitrogens is 1. The highest BCUT2D eigenvalue weighted by Gasteiger charge is 2.15. The smallest absolute Gasteiger partial charge is 0.148 e. The summed E-state index contributed by atoms with van der Waals surface area (Å²) in [6.45, 7) is 7.95. The maximum absolute atomic E-state index is 14.8. The summed E-state index contributed by atoms with van der Waals surface area (Å²) in [5.74, 6) is 0.599. The Bertz CT molecular complexity index is 894. The van der Waals surface area contributed by atoms with Crippen molar-refractivity contribution in [3.05, 3.63) is 59.2 Å². The van der Waals surface area contributed by atoms with E-state index in [1.807, 2.05) is 30.5 Å².